The Bertz CT molecular complexity index is 395. The van der Waals surface area contributed by atoms with Crippen molar-refractivity contribution in [3.05, 3.63) is 0 Å². The van der Waals surface area contributed by atoms with Gasteiger partial charge in [-0.25, -0.2) is 0 Å². The largest absolute Gasteiger partial charge is 0.330 e. The van der Waals surface area contributed by atoms with E-state index in [-0.39, 0.29) is 11.8 Å². The maximum absolute atomic E-state index is 11.8. The van der Waals surface area contributed by atoms with E-state index in [0.29, 0.717) is 6.17 Å². The Hall–Kier alpha value is -1.14. The molecule has 0 N–H and O–H groups in total. The van der Waals surface area contributed by atoms with Crippen LogP contribution >= 0.6 is 0 Å². The van der Waals surface area contributed by atoms with E-state index in [9.17, 15) is 9.59 Å². The predicted molar refractivity (Wildman–Crippen MR) is 95.1 cm³/mol. The lowest BCUT2D eigenvalue weighted by atomic mass is 10.1. The van der Waals surface area contributed by atoms with Crippen LogP contribution in [0.5, 0.6) is 0 Å². The molecule has 2 aliphatic heterocycles. The van der Waals surface area contributed by atoms with Crippen LogP contribution in [0.3, 0.4) is 0 Å². The first-order valence-corrected chi connectivity index (χ1v) is 9.52. The molecule has 0 saturated carbocycles. The van der Waals surface area contributed by atoms with Crippen molar-refractivity contribution in [1.29, 1.82) is 0 Å². The normalized spacial score (nSPS) is 20.7. The summed E-state index contributed by atoms with van der Waals surface area (Å²) in [6, 6.07) is 0. The number of nitrogens with zero attached hydrogens (tertiary/aromatic N) is 4. The minimum atomic E-state index is 0.163. The predicted octanol–water partition coefficient (Wildman–Crippen LogP) is 1.92. The molecule has 6 heteroatoms. The Kier molecular flexibility index (Phi) is 7.49. The molecular weight excluding hydrogens is 304 g/mol. The zero-order chi connectivity index (χ0) is 17.5. The molecule has 0 aromatic rings. The minimum Gasteiger partial charge on any atom is -0.330 e. The molecule has 2 aliphatic rings. The molecule has 138 valence electrons. The maximum atomic E-state index is 11.8. The van der Waals surface area contributed by atoms with E-state index in [4.69, 9.17) is 0 Å². The summed E-state index contributed by atoms with van der Waals surface area (Å²) in [4.78, 5) is 32.3. The molecular formula is C18H34N4O2. The fraction of sp³-hybridized carbons (Fsp3) is 0.889. The second-order valence-corrected chi connectivity index (χ2v) is 7.16. The summed E-state index contributed by atoms with van der Waals surface area (Å²) < 4.78 is 0. The van der Waals surface area contributed by atoms with Gasteiger partial charge in [-0.3, -0.25) is 19.4 Å². The third-order valence-electron chi connectivity index (χ3n) is 5.25. The Balaban J connectivity index is 2.05. The summed E-state index contributed by atoms with van der Waals surface area (Å²) in [6.45, 7) is 10.8. The van der Waals surface area contributed by atoms with Crippen molar-refractivity contribution >= 4 is 11.8 Å². The van der Waals surface area contributed by atoms with Crippen LogP contribution in [0.25, 0.3) is 0 Å². The molecule has 0 spiro atoms. The summed E-state index contributed by atoms with van der Waals surface area (Å²) >= 11 is 0. The van der Waals surface area contributed by atoms with Crippen molar-refractivity contribution < 1.29 is 9.59 Å². The molecule has 6 nitrogen and oxygen atoms in total. The molecule has 0 aromatic heterocycles. The van der Waals surface area contributed by atoms with Gasteiger partial charge in [-0.1, -0.05) is 26.2 Å². The van der Waals surface area contributed by atoms with Crippen molar-refractivity contribution in [2.24, 2.45) is 0 Å². The van der Waals surface area contributed by atoms with Crippen LogP contribution in [0, 0.1) is 0 Å². The van der Waals surface area contributed by atoms with Gasteiger partial charge in [0.2, 0.25) is 11.8 Å². The summed E-state index contributed by atoms with van der Waals surface area (Å²) in [5.74, 6) is 0.326. The molecule has 0 aliphatic carbocycles. The molecule has 0 bridgehead atoms. The second-order valence-electron chi connectivity index (χ2n) is 7.16. The summed E-state index contributed by atoms with van der Waals surface area (Å²) in [5.41, 5.74) is 0. The summed E-state index contributed by atoms with van der Waals surface area (Å²) in [5, 5.41) is 0. The van der Waals surface area contributed by atoms with Gasteiger partial charge in [0, 0.05) is 40.0 Å². The van der Waals surface area contributed by atoms with E-state index in [0.717, 1.165) is 58.8 Å². The van der Waals surface area contributed by atoms with Crippen molar-refractivity contribution in [3.8, 4) is 0 Å². The molecule has 0 aromatic carbocycles. The van der Waals surface area contributed by atoms with Gasteiger partial charge < -0.3 is 9.80 Å². The highest BCUT2D eigenvalue weighted by atomic mass is 16.2. The number of carbonyl (C=O) groups excluding carboxylic acids is 2. The highest BCUT2D eigenvalue weighted by Gasteiger charge is 2.32. The Labute approximate surface area is 146 Å². The number of unbranched alkanes of at least 4 members (excludes halogenated alkanes) is 2. The van der Waals surface area contributed by atoms with Gasteiger partial charge in [0.25, 0.3) is 0 Å². The highest BCUT2D eigenvalue weighted by Crippen LogP contribution is 2.21. The van der Waals surface area contributed by atoms with E-state index < -0.39 is 0 Å². The van der Waals surface area contributed by atoms with Crippen LogP contribution in [-0.2, 0) is 9.59 Å². The molecule has 2 rings (SSSR count). The standard InChI is InChI=1S/C18H34N4O2/c1-4-5-6-9-18(21-12-7-10-19(14-21)16(2)23)22-13-8-11-20(15-22)17(3)24/h18H,4-15H2,1-3H3. The first-order valence-electron chi connectivity index (χ1n) is 9.52. The van der Waals surface area contributed by atoms with Gasteiger partial charge in [0.15, 0.2) is 0 Å². The lowest BCUT2D eigenvalue weighted by Crippen LogP contribution is -2.60. The molecule has 2 heterocycles. The average Bonchev–Trinajstić information content (AvgIpc) is 2.59. The van der Waals surface area contributed by atoms with E-state index in [1.807, 2.05) is 9.80 Å². The molecule has 24 heavy (non-hydrogen) atoms. The highest BCUT2D eigenvalue weighted by molar-refractivity contribution is 5.73. The quantitative estimate of drug-likeness (QED) is 0.694. The Morgan fingerprint density at radius 3 is 1.75 bits per heavy atom. The third-order valence-corrected chi connectivity index (χ3v) is 5.25. The number of amides is 2. The lowest BCUT2D eigenvalue weighted by Gasteiger charge is -2.47. The minimum absolute atomic E-state index is 0.163. The van der Waals surface area contributed by atoms with E-state index in [2.05, 4.69) is 16.7 Å². The van der Waals surface area contributed by atoms with Crippen LogP contribution in [0.15, 0.2) is 0 Å². The fourth-order valence-electron chi connectivity index (χ4n) is 3.82. The Morgan fingerprint density at radius 1 is 0.833 bits per heavy atom. The summed E-state index contributed by atoms with van der Waals surface area (Å²) in [6.07, 6.45) is 7.18. The number of rotatable bonds is 6. The topological polar surface area (TPSA) is 47.1 Å². The molecule has 0 atom stereocenters. The molecule has 2 fully saturated rings. The summed E-state index contributed by atoms with van der Waals surface area (Å²) in [7, 11) is 0. The first-order chi connectivity index (χ1) is 11.5. The van der Waals surface area contributed by atoms with Crippen LogP contribution in [0.1, 0.15) is 59.3 Å². The van der Waals surface area contributed by atoms with Crippen LogP contribution < -0.4 is 0 Å². The lowest BCUT2D eigenvalue weighted by molar-refractivity contribution is -0.140. The zero-order valence-corrected chi connectivity index (χ0v) is 15.7. The smallest absolute Gasteiger partial charge is 0.220 e. The number of hydrogen-bond acceptors (Lipinski definition) is 4. The Morgan fingerprint density at radius 2 is 1.33 bits per heavy atom. The number of carbonyl (C=O) groups is 2. The van der Waals surface area contributed by atoms with E-state index in [1.54, 1.807) is 13.8 Å². The fourth-order valence-corrected chi connectivity index (χ4v) is 3.82. The van der Waals surface area contributed by atoms with Crippen molar-refractivity contribution in [1.82, 2.24) is 19.6 Å². The maximum Gasteiger partial charge on any atom is 0.220 e. The van der Waals surface area contributed by atoms with E-state index >= 15 is 0 Å². The van der Waals surface area contributed by atoms with Gasteiger partial charge in [-0.2, -0.15) is 0 Å². The van der Waals surface area contributed by atoms with Gasteiger partial charge in [0.05, 0.1) is 19.5 Å². The molecule has 0 unspecified atom stereocenters. The molecule has 2 amide bonds. The molecule has 2 saturated heterocycles. The average molecular weight is 338 g/mol. The van der Waals surface area contributed by atoms with E-state index in [1.165, 1.54) is 19.3 Å². The van der Waals surface area contributed by atoms with Gasteiger partial charge in [0.1, 0.15) is 0 Å². The number of hydrogen-bond donors (Lipinski definition) is 0. The van der Waals surface area contributed by atoms with Crippen molar-refractivity contribution in [2.75, 3.05) is 39.5 Å². The first kappa shape index (κ1) is 19.2. The van der Waals surface area contributed by atoms with Crippen molar-refractivity contribution in [2.45, 2.75) is 65.5 Å². The SMILES string of the molecule is CCCCCC(N1CCCN(C(C)=O)C1)N1CCCN(C(C)=O)C1. The van der Waals surface area contributed by atoms with Gasteiger partial charge in [-0.15, -0.1) is 0 Å². The van der Waals surface area contributed by atoms with Gasteiger partial charge in [-0.05, 0) is 19.3 Å². The van der Waals surface area contributed by atoms with Crippen LogP contribution in [0.4, 0.5) is 0 Å². The third kappa shape index (κ3) is 5.18. The van der Waals surface area contributed by atoms with Crippen LogP contribution in [0.2, 0.25) is 0 Å². The van der Waals surface area contributed by atoms with Crippen molar-refractivity contribution in [3.63, 3.8) is 0 Å². The monoisotopic (exact) mass is 338 g/mol. The second kappa shape index (κ2) is 9.37. The molecule has 0 radical (unpaired) electrons. The zero-order valence-electron chi connectivity index (χ0n) is 15.7. The van der Waals surface area contributed by atoms with Crippen LogP contribution in [-0.4, -0.2) is 77.1 Å². The van der Waals surface area contributed by atoms with Gasteiger partial charge >= 0.3 is 0 Å².